The summed E-state index contributed by atoms with van der Waals surface area (Å²) in [7, 11) is 1.62. The van der Waals surface area contributed by atoms with Crippen LogP contribution in [0.5, 0.6) is 5.75 Å². The van der Waals surface area contributed by atoms with Crippen molar-refractivity contribution >= 4 is 40.4 Å². The SMILES string of the molecule is COc1ccc([C@@H]2CC(c3cccs3)=NN2C(=O)CSc2nc(=O)n3ccc(C)cc3n2)cc1. The normalized spacial score (nSPS) is 15.5. The Morgan fingerprint density at radius 3 is 2.76 bits per heavy atom. The fourth-order valence-corrected chi connectivity index (χ4v) is 5.18. The van der Waals surface area contributed by atoms with Gasteiger partial charge in [0.2, 0.25) is 0 Å². The average molecular weight is 492 g/mol. The van der Waals surface area contributed by atoms with Crippen LogP contribution in [0.25, 0.3) is 5.65 Å². The number of carbonyl (C=O) groups is 1. The molecule has 0 N–H and O–H groups in total. The van der Waals surface area contributed by atoms with E-state index < -0.39 is 5.69 Å². The van der Waals surface area contributed by atoms with Crippen molar-refractivity contribution in [3.8, 4) is 5.75 Å². The maximum absolute atomic E-state index is 13.3. The number of carbonyl (C=O) groups excluding carboxylic acids is 1. The second kappa shape index (κ2) is 9.40. The summed E-state index contributed by atoms with van der Waals surface area (Å²) in [5, 5.41) is 8.49. The zero-order valence-corrected chi connectivity index (χ0v) is 20.2. The minimum Gasteiger partial charge on any atom is -0.497 e. The largest absolute Gasteiger partial charge is 0.497 e. The molecule has 1 aliphatic heterocycles. The molecule has 0 aliphatic carbocycles. The highest BCUT2D eigenvalue weighted by molar-refractivity contribution is 7.99. The standard InChI is InChI=1S/C24H21N5O3S2/c1-15-9-10-28-21(12-15)25-23(26-24(28)31)34-14-22(30)29-19(16-5-7-17(32-2)8-6-16)13-18(27-29)20-4-3-11-33-20/h3-12,19H,13-14H2,1-2H3/t19-/m0/s1. The minimum absolute atomic E-state index is 0.0648. The number of nitrogens with zero attached hydrogens (tertiary/aromatic N) is 5. The highest BCUT2D eigenvalue weighted by atomic mass is 32.2. The van der Waals surface area contributed by atoms with Gasteiger partial charge in [-0.05, 0) is 53.8 Å². The fourth-order valence-electron chi connectivity index (χ4n) is 3.77. The van der Waals surface area contributed by atoms with Gasteiger partial charge >= 0.3 is 5.69 Å². The molecule has 4 heterocycles. The summed E-state index contributed by atoms with van der Waals surface area (Å²) < 4.78 is 6.65. The fraction of sp³-hybridized carbons (Fsp3) is 0.208. The molecule has 0 fully saturated rings. The predicted molar refractivity (Wildman–Crippen MR) is 133 cm³/mol. The number of fused-ring (bicyclic) bond motifs is 1. The smallest absolute Gasteiger partial charge is 0.355 e. The summed E-state index contributed by atoms with van der Waals surface area (Å²) in [6.45, 7) is 1.93. The number of amides is 1. The van der Waals surface area contributed by atoms with Crippen LogP contribution in [-0.2, 0) is 4.79 Å². The lowest BCUT2D eigenvalue weighted by Crippen LogP contribution is -2.29. The topological polar surface area (TPSA) is 89.2 Å². The second-order valence-corrected chi connectivity index (χ2v) is 9.66. The first-order valence-electron chi connectivity index (χ1n) is 10.6. The Hall–Kier alpha value is -3.50. The van der Waals surface area contributed by atoms with E-state index in [1.54, 1.807) is 29.7 Å². The van der Waals surface area contributed by atoms with Crippen molar-refractivity contribution in [2.75, 3.05) is 12.9 Å². The molecule has 0 radical (unpaired) electrons. The summed E-state index contributed by atoms with van der Waals surface area (Å²) in [5.41, 5.74) is 2.93. The molecule has 1 aliphatic rings. The Balaban J connectivity index is 1.39. The van der Waals surface area contributed by atoms with Crippen LogP contribution < -0.4 is 10.4 Å². The summed E-state index contributed by atoms with van der Waals surface area (Å²) in [6, 6.07) is 15.1. The molecule has 0 saturated carbocycles. The molecule has 34 heavy (non-hydrogen) atoms. The third kappa shape index (κ3) is 4.46. The molecule has 10 heteroatoms. The van der Waals surface area contributed by atoms with Crippen LogP contribution in [0.2, 0.25) is 0 Å². The lowest BCUT2D eigenvalue weighted by molar-refractivity contribution is -0.130. The lowest BCUT2D eigenvalue weighted by atomic mass is 10.0. The van der Waals surface area contributed by atoms with E-state index in [4.69, 9.17) is 4.74 Å². The van der Waals surface area contributed by atoms with Crippen molar-refractivity contribution in [3.63, 3.8) is 0 Å². The van der Waals surface area contributed by atoms with Crippen molar-refractivity contribution in [2.45, 2.75) is 24.5 Å². The molecule has 1 amide bonds. The number of methoxy groups -OCH3 is 1. The lowest BCUT2D eigenvalue weighted by Gasteiger charge is -2.22. The molecule has 3 aromatic heterocycles. The van der Waals surface area contributed by atoms with Gasteiger partial charge in [-0.1, -0.05) is 30.0 Å². The van der Waals surface area contributed by atoms with E-state index in [2.05, 4.69) is 15.1 Å². The molecule has 5 rings (SSSR count). The quantitative estimate of drug-likeness (QED) is 0.380. The molecule has 0 spiro atoms. The maximum Gasteiger partial charge on any atom is 0.355 e. The number of benzene rings is 1. The number of hydrazone groups is 1. The Morgan fingerprint density at radius 2 is 2.03 bits per heavy atom. The summed E-state index contributed by atoms with van der Waals surface area (Å²) >= 11 is 2.74. The minimum atomic E-state index is -0.421. The Kier molecular flexibility index (Phi) is 6.16. The van der Waals surface area contributed by atoms with Crippen molar-refractivity contribution < 1.29 is 9.53 Å². The van der Waals surface area contributed by atoms with E-state index in [1.807, 2.05) is 60.8 Å². The monoisotopic (exact) mass is 491 g/mol. The molecule has 0 saturated heterocycles. The molecular formula is C24H21N5O3S2. The zero-order valence-electron chi connectivity index (χ0n) is 18.5. The Bertz CT molecular complexity index is 1430. The van der Waals surface area contributed by atoms with Gasteiger partial charge in [0.25, 0.3) is 5.91 Å². The molecule has 8 nitrogen and oxygen atoms in total. The van der Waals surface area contributed by atoms with Crippen LogP contribution in [-0.4, -0.2) is 43.9 Å². The number of hydrogen-bond donors (Lipinski definition) is 0. The number of aromatic nitrogens is 3. The third-order valence-corrected chi connectivity index (χ3v) is 7.25. The molecule has 4 aromatic rings. The molecular weight excluding hydrogens is 470 g/mol. The van der Waals surface area contributed by atoms with Crippen molar-refractivity contribution in [1.82, 2.24) is 19.4 Å². The van der Waals surface area contributed by atoms with Gasteiger partial charge in [-0.25, -0.2) is 14.8 Å². The molecule has 0 bridgehead atoms. The second-order valence-electron chi connectivity index (χ2n) is 7.77. The molecule has 0 unspecified atom stereocenters. The van der Waals surface area contributed by atoms with E-state index >= 15 is 0 Å². The van der Waals surface area contributed by atoms with Gasteiger partial charge in [0.1, 0.15) is 11.4 Å². The van der Waals surface area contributed by atoms with Crippen molar-refractivity contribution in [1.29, 1.82) is 0 Å². The van der Waals surface area contributed by atoms with Crippen LogP contribution in [0.4, 0.5) is 0 Å². The van der Waals surface area contributed by atoms with Crippen LogP contribution in [0.15, 0.2) is 75.2 Å². The maximum atomic E-state index is 13.3. The van der Waals surface area contributed by atoms with E-state index in [0.717, 1.165) is 39.2 Å². The number of pyridine rings is 1. The van der Waals surface area contributed by atoms with E-state index in [-0.39, 0.29) is 22.9 Å². The number of rotatable bonds is 6. The average Bonchev–Trinajstić information content (AvgIpc) is 3.53. The summed E-state index contributed by atoms with van der Waals surface area (Å²) in [4.78, 5) is 35.1. The van der Waals surface area contributed by atoms with Gasteiger partial charge in [-0.3, -0.25) is 9.20 Å². The first-order chi connectivity index (χ1) is 16.5. The van der Waals surface area contributed by atoms with Crippen molar-refractivity contribution in [3.05, 3.63) is 86.6 Å². The van der Waals surface area contributed by atoms with Crippen LogP contribution >= 0.6 is 23.1 Å². The Morgan fingerprint density at radius 1 is 1.21 bits per heavy atom. The first-order valence-corrected chi connectivity index (χ1v) is 12.5. The van der Waals surface area contributed by atoms with Gasteiger partial charge in [-0.15, -0.1) is 11.3 Å². The van der Waals surface area contributed by atoms with Gasteiger partial charge in [0, 0.05) is 12.6 Å². The highest BCUT2D eigenvalue weighted by Gasteiger charge is 2.33. The molecule has 1 atom stereocenters. The van der Waals surface area contributed by atoms with E-state index in [9.17, 15) is 9.59 Å². The van der Waals surface area contributed by atoms with Gasteiger partial charge in [-0.2, -0.15) is 10.1 Å². The number of thiophene rings is 1. The molecule has 1 aromatic carbocycles. The van der Waals surface area contributed by atoms with Crippen molar-refractivity contribution in [2.24, 2.45) is 5.10 Å². The highest BCUT2D eigenvalue weighted by Crippen LogP contribution is 2.35. The summed E-state index contributed by atoms with van der Waals surface area (Å²) in [5.74, 6) is 0.643. The van der Waals surface area contributed by atoms with E-state index in [1.165, 1.54) is 4.40 Å². The zero-order chi connectivity index (χ0) is 23.7. The van der Waals surface area contributed by atoms with Crippen LogP contribution in [0.1, 0.15) is 28.5 Å². The predicted octanol–water partition coefficient (Wildman–Crippen LogP) is 3.94. The third-order valence-electron chi connectivity index (χ3n) is 5.49. The number of thioether (sulfide) groups is 1. The number of ether oxygens (including phenoxy) is 1. The van der Waals surface area contributed by atoms with Gasteiger partial charge in [0.15, 0.2) is 5.16 Å². The van der Waals surface area contributed by atoms with Crippen LogP contribution in [0.3, 0.4) is 0 Å². The number of hydrogen-bond acceptors (Lipinski definition) is 8. The first kappa shape index (κ1) is 22.3. The van der Waals surface area contributed by atoms with Gasteiger partial charge < -0.3 is 4.74 Å². The Labute approximate surface area is 203 Å². The molecule has 172 valence electrons. The summed E-state index contributed by atoms with van der Waals surface area (Å²) in [6.07, 6.45) is 2.27. The van der Waals surface area contributed by atoms with Crippen LogP contribution in [0, 0.1) is 6.92 Å². The van der Waals surface area contributed by atoms with E-state index in [0.29, 0.717) is 12.1 Å². The van der Waals surface area contributed by atoms with Gasteiger partial charge in [0.05, 0.1) is 29.5 Å². The number of aryl methyl sites for hydroxylation is 1.